The van der Waals surface area contributed by atoms with Crippen LogP contribution in [0.15, 0.2) is 98.6 Å². The number of carbonyl (C=O) groups excluding carboxylic acids is 8. The van der Waals surface area contributed by atoms with Crippen LogP contribution in [0.3, 0.4) is 0 Å². The fourth-order valence-corrected chi connectivity index (χ4v) is 10.9. The normalized spacial score (nSPS) is 11.6. The number of nitro benzene ring substituents is 1. The number of esters is 8. The molecule has 1 aromatic carbocycles. The molecule has 0 aromatic heterocycles. The standard InChI is InChI=1S/C22H30F3NO5.C17H29NO3.C13H18N2O3.C11H14F6O3.C11H15F3O5.C9H10Cl3NO3.C8H8Br3NO3.7Cu/c1-2-3-4-5-6-7-8-9-10-11-16-31-21(28)19(20(27)22(23,24)25)17-12-14-18(15-13-17)26(29)30;1-4-5-6-7-8-9-10-11-12-13-14-21-17(20)16(18-3)15(2)19;1-4-5-6-7-8-9-10-18-13(17)11(14-2)12(16)15-3;1-2-3-4-5-6-20-9(19)7(10(12,13)14)8(18)11(15,16)17;1-3-5-18-9(16)7(8(15)11(12,13)14)10(17)19-6-4-2;1-3-4-5-16-8(15)6(13-2)7(14)9(10,11)12;1-3-4-15-7(14)5(12-2)6(13)8(9,10)11;;;;;;;/h12-15,27H,2-11,16H2,1H3;19H,4-14H2,1-2H3;16H,4-10H2,1H3;18H,2-6H2,1H3;15H,3-6H2,1-2H3;14H,3-5H2,1H3;13H,3-4H2,1H3;;;;;;;. The van der Waals surface area contributed by atoms with Crippen LogP contribution in [0.4, 0.5) is 58.4 Å². The summed E-state index contributed by atoms with van der Waals surface area (Å²) < 4.78 is 183. The van der Waals surface area contributed by atoms with E-state index in [2.05, 4.69) is 107 Å². The number of non-ortho nitro benzene ring substituents is 1. The molecule has 0 spiro atoms. The monoisotopic (exact) mass is 2710 g/mol. The van der Waals surface area contributed by atoms with E-state index >= 15 is 0 Å². The molecule has 0 fully saturated rings. The van der Waals surface area contributed by atoms with E-state index in [9.17, 15) is 116 Å². The molecule has 56 heteroatoms. The van der Waals surface area contributed by atoms with Gasteiger partial charge in [-0.05, 0) is 76.0 Å². The maximum absolute atomic E-state index is 13.0. The van der Waals surface area contributed by atoms with Crippen LogP contribution < -0.4 is 0 Å². The van der Waals surface area contributed by atoms with E-state index in [4.69, 9.17) is 112 Å². The first-order valence-corrected chi connectivity index (χ1v) is 47.9. The average Bonchev–Trinajstić information content (AvgIpc) is 0.802. The molecule has 0 aliphatic carbocycles. The predicted molar refractivity (Wildman–Crippen MR) is 508 cm³/mol. The largest absolute Gasteiger partial charge is 0.540 e. The van der Waals surface area contributed by atoms with Crippen LogP contribution in [0.5, 0.6) is 0 Å². The van der Waals surface area contributed by atoms with Crippen molar-refractivity contribution in [3.05, 3.63) is 171 Å². The summed E-state index contributed by atoms with van der Waals surface area (Å²) in [7, 11) is 0. The quantitative estimate of drug-likeness (QED) is 0.00254. The van der Waals surface area contributed by atoms with E-state index in [1.807, 2.05) is 20.8 Å². The Morgan fingerprint density at radius 3 is 0.830 bits per heavy atom. The zero-order valence-corrected chi connectivity index (χ0v) is 94.9. The average molecular weight is 2720 g/mol. The Balaban J connectivity index is -0.000000130. The van der Waals surface area contributed by atoms with Crippen molar-refractivity contribution in [1.82, 2.24) is 0 Å². The van der Waals surface area contributed by atoms with Gasteiger partial charge in [-0.3, -0.25) is 29.3 Å². The van der Waals surface area contributed by atoms with E-state index in [1.165, 1.54) is 103 Å². The number of hydrogen-bond acceptors (Lipinski definition) is 25. The molecule has 0 aliphatic heterocycles. The Kier molecular flexibility index (Phi) is 114. The molecule has 0 bridgehead atoms. The summed E-state index contributed by atoms with van der Waals surface area (Å²) in [5.74, 6) is -20.1. The molecule has 31 nitrogen and oxygen atoms in total. The van der Waals surface area contributed by atoms with Gasteiger partial charge in [0, 0.05) is 132 Å². The fraction of sp³-hybridized carbons (Fsp3) is 0.637. The number of aliphatic hydroxyl groups is 7. The Morgan fingerprint density at radius 1 is 0.320 bits per heavy atom. The van der Waals surface area contributed by atoms with Gasteiger partial charge >= 0.3 is 101 Å². The number of ether oxygens (including phenoxy) is 8. The second-order valence-electron chi connectivity index (χ2n) is 29.2. The summed E-state index contributed by atoms with van der Waals surface area (Å²) in [6.07, 6.45) is 12.7. The van der Waals surface area contributed by atoms with Crippen molar-refractivity contribution in [3.8, 4) is 0 Å². The van der Waals surface area contributed by atoms with E-state index in [1.54, 1.807) is 13.8 Å². The number of benzene rings is 1. The molecular weight excluding hydrogens is 2600 g/mol. The summed E-state index contributed by atoms with van der Waals surface area (Å²) in [5.41, 5.74) is -8.13. The smallest absolute Gasteiger partial charge is 0.449 e. The molecule has 0 heterocycles. The van der Waals surface area contributed by atoms with Crippen molar-refractivity contribution in [2.45, 2.75) is 318 Å². The van der Waals surface area contributed by atoms with E-state index in [-0.39, 0.29) is 188 Å². The number of halogens is 18. The maximum Gasteiger partial charge on any atom is 0.449 e. The molecular formula is C91H124Br3Cl3Cu7F12N6O25. The molecule has 0 amide bonds. The van der Waals surface area contributed by atoms with Crippen LogP contribution in [0.1, 0.15) is 293 Å². The molecule has 0 saturated heterocycles. The maximum atomic E-state index is 13.0. The van der Waals surface area contributed by atoms with Gasteiger partial charge in [-0.25, -0.2) is 43.4 Å². The van der Waals surface area contributed by atoms with Crippen LogP contribution in [-0.2, 0) is 196 Å². The summed E-state index contributed by atoms with van der Waals surface area (Å²) in [6.45, 7) is 50.2. The number of rotatable bonds is 53. The molecule has 0 unspecified atom stereocenters. The van der Waals surface area contributed by atoms with Gasteiger partial charge < -0.3 is 73.6 Å². The second kappa shape index (κ2) is 99.1. The fourth-order valence-electron chi connectivity index (χ4n) is 10.0. The van der Waals surface area contributed by atoms with Gasteiger partial charge in [0.2, 0.25) is 21.1 Å². The number of unbranched alkanes of at least 4 members (excludes halogenated alkanes) is 27. The Labute approximate surface area is 964 Å². The third-order valence-electron chi connectivity index (χ3n) is 17.3. The number of nitro groups is 1. The minimum atomic E-state index is -5.67. The zero-order chi connectivity index (χ0) is 109. The van der Waals surface area contributed by atoms with Crippen molar-refractivity contribution in [2.75, 3.05) is 52.9 Å². The number of allylic oxidation sites excluding steroid dienone is 6. The van der Waals surface area contributed by atoms with Gasteiger partial charge in [0.25, 0.3) is 5.69 Å². The molecule has 1 aromatic rings. The number of alkyl halides is 18. The zero-order valence-electron chi connectivity index (χ0n) is 81.3. The van der Waals surface area contributed by atoms with Crippen molar-refractivity contribution in [3.63, 3.8) is 0 Å². The van der Waals surface area contributed by atoms with Crippen molar-refractivity contribution >= 4 is 142 Å². The Morgan fingerprint density at radius 2 is 0.571 bits per heavy atom. The minimum absolute atomic E-state index is 0. The first-order chi connectivity index (χ1) is 65.4. The molecule has 1 rings (SSSR count). The number of hydrogen-bond donors (Lipinski definition) is 7. The first kappa shape index (κ1) is 168. The molecule has 147 heavy (non-hydrogen) atoms. The van der Waals surface area contributed by atoms with E-state index in [0.29, 0.717) is 45.1 Å². The first-order valence-electron chi connectivity index (χ1n) is 44.3. The Hall–Kier alpha value is -6.28. The summed E-state index contributed by atoms with van der Waals surface area (Å²) in [6, 6.07) is 3.84. The molecule has 0 saturated carbocycles. The number of carbonyl (C=O) groups is 8. The molecule has 0 aliphatic rings. The predicted octanol–water partition coefficient (Wildman–Crippen LogP) is 28.7. The topological polar surface area (TPSA) is 417 Å². The van der Waals surface area contributed by atoms with Crippen LogP contribution in [0.25, 0.3) is 29.8 Å². The van der Waals surface area contributed by atoms with Gasteiger partial charge in [0.1, 0.15) is 17.1 Å². The van der Waals surface area contributed by atoms with Crippen LogP contribution in [-0.4, -0.2) is 172 Å². The third kappa shape index (κ3) is 84.9. The third-order valence-corrected chi connectivity index (χ3v) is 19.0. The van der Waals surface area contributed by atoms with Crippen molar-refractivity contribution < 1.29 is 289 Å². The molecule has 7 N–H and O–H groups in total. The molecule has 0 atom stereocenters. The van der Waals surface area contributed by atoms with E-state index in [0.717, 1.165) is 108 Å². The minimum Gasteiger partial charge on any atom is -0.540 e. The summed E-state index contributed by atoms with van der Waals surface area (Å²) in [5, 5.41) is 74.7. The SMILES string of the molecule is CCCCCCCCCCCCOC(=O)C(=C(O)C(F)(F)F)c1ccc([N+](=O)[O-])cc1.CCCCCCOC(=O)C(=C(O)C(F)(F)F)C(F)(F)F.CCCOC(=O)C(C(=O)OCCC)=C(O)C(F)(F)F.[C-]#[N+]C(C(=O)OCCC)=C(O)C(Br)(Br)Br.[C-]#[N+]C(C(=O)OCCCC)=C(O)C(Cl)(Cl)Cl.[C-]#[N+]C(C(=O)OCCCCCCCCCCCC)=C(C)O.[C-]#[N+]C(O)=C([N+]#[C-])C(=O)OCCCCCCCC.[Cu].[Cu].[Cu].[Cu].[Cu].[Cu].[Cu]. The second-order valence-corrected chi connectivity index (χ2v) is 38.2. The van der Waals surface area contributed by atoms with Crippen molar-refractivity contribution in [1.29, 1.82) is 0 Å². The molecule has 7 radical (unpaired) electrons. The number of aliphatic hydroxyl groups excluding tert-OH is 7. The van der Waals surface area contributed by atoms with E-state index < -0.39 is 158 Å². The summed E-state index contributed by atoms with van der Waals surface area (Å²) >= 11 is 25.0. The summed E-state index contributed by atoms with van der Waals surface area (Å²) in [4.78, 5) is 115. The van der Waals surface area contributed by atoms with Gasteiger partial charge in [0.05, 0.1) is 90.6 Å². The number of nitrogens with zero attached hydrogens (tertiary/aromatic N) is 6. The van der Waals surface area contributed by atoms with Gasteiger partial charge in [-0.15, -0.1) is 0 Å². The van der Waals surface area contributed by atoms with Gasteiger partial charge in [-0.1, -0.05) is 311 Å². The van der Waals surface area contributed by atoms with Crippen LogP contribution in [0, 0.1) is 43.0 Å². The van der Waals surface area contributed by atoms with Crippen molar-refractivity contribution in [2.24, 2.45) is 0 Å². The molecule has 871 valence electrons. The van der Waals surface area contributed by atoms with Gasteiger partial charge in [0.15, 0.2) is 19.0 Å². The van der Waals surface area contributed by atoms with Crippen LogP contribution >= 0.6 is 82.6 Å². The Bertz CT molecular complexity index is 4360. The van der Waals surface area contributed by atoms with Crippen LogP contribution in [0.2, 0.25) is 0 Å². The van der Waals surface area contributed by atoms with Gasteiger partial charge in [-0.2, -0.15) is 52.7 Å².